The number of amides is 1. The summed E-state index contributed by atoms with van der Waals surface area (Å²) in [4.78, 5) is 13.1. The van der Waals surface area contributed by atoms with Gasteiger partial charge in [0.2, 0.25) is 15.9 Å². The molecule has 0 saturated heterocycles. The van der Waals surface area contributed by atoms with Crippen LogP contribution in [-0.2, 0) is 21.2 Å². The molecule has 0 aliphatic carbocycles. The molecule has 0 aliphatic heterocycles. The number of rotatable bonds is 7. The van der Waals surface area contributed by atoms with E-state index in [2.05, 4.69) is 20.8 Å². The number of hydrogen-bond donors (Lipinski definition) is 1. The van der Waals surface area contributed by atoms with Crippen molar-refractivity contribution in [3.05, 3.63) is 65.7 Å². The van der Waals surface area contributed by atoms with E-state index in [1.54, 1.807) is 19.1 Å². The Balaban J connectivity index is 1.84. The molecule has 0 spiro atoms. The van der Waals surface area contributed by atoms with E-state index in [-0.39, 0.29) is 11.3 Å². The second kappa shape index (κ2) is 8.67. The van der Waals surface area contributed by atoms with Crippen molar-refractivity contribution in [1.82, 2.24) is 24.5 Å². The summed E-state index contributed by atoms with van der Waals surface area (Å²) in [6, 6.07) is 10.9. The first-order valence-corrected chi connectivity index (χ1v) is 10.4. The summed E-state index contributed by atoms with van der Waals surface area (Å²) >= 11 is 0. The van der Waals surface area contributed by atoms with E-state index in [1.165, 1.54) is 55.2 Å². The van der Waals surface area contributed by atoms with Crippen LogP contribution in [0.2, 0.25) is 0 Å². The zero-order valence-electron chi connectivity index (χ0n) is 16.7. The number of nitrogens with one attached hydrogen (secondary N) is 1. The monoisotopic (exact) mass is 432 g/mol. The van der Waals surface area contributed by atoms with Gasteiger partial charge >= 0.3 is 0 Å². The predicted molar refractivity (Wildman–Crippen MR) is 108 cm³/mol. The van der Waals surface area contributed by atoms with Gasteiger partial charge in [-0.2, -0.15) is 0 Å². The molecular formula is C19H21FN6O3S. The number of nitrogens with zero attached hydrogens (tertiary/aromatic N) is 5. The van der Waals surface area contributed by atoms with Crippen molar-refractivity contribution in [1.29, 1.82) is 0 Å². The average Bonchev–Trinajstić information content (AvgIpc) is 3.12. The minimum absolute atomic E-state index is 0.109. The molecule has 1 unspecified atom stereocenters. The van der Waals surface area contributed by atoms with E-state index >= 15 is 0 Å². The third kappa shape index (κ3) is 4.69. The maximum Gasteiger partial charge on any atom is 0.249 e. The van der Waals surface area contributed by atoms with E-state index in [0.717, 1.165) is 4.31 Å². The minimum atomic E-state index is -3.57. The van der Waals surface area contributed by atoms with E-state index in [0.29, 0.717) is 17.1 Å². The lowest BCUT2D eigenvalue weighted by Crippen LogP contribution is -2.29. The number of carbonyl (C=O) groups is 1. The summed E-state index contributed by atoms with van der Waals surface area (Å²) in [7, 11) is -0.688. The lowest BCUT2D eigenvalue weighted by molar-refractivity contribution is -0.119. The quantitative estimate of drug-likeness (QED) is 0.610. The Morgan fingerprint density at radius 1 is 1.20 bits per heavy atom. The largest absolute Gasteiger partial charge is 0.324 e. The Morgan fingerprint density at radius 3 is 2.47 bits per heavy atom. The fourth-order valence-electron chi connectivity index (χ4n) is 2.85. The summed E-state index contributed by atoms with van der Waals surface area (Å²) in [5.41, 5.74) is 1.02. The molecule has 1 heterocycles. The topological polar surface area (TPSA) is 110 Å². The van der Waals surface area contributed by atoms with Gasteiger partial charge in [-0.3, -0.25) is 4.79 Å². The molecule has 1 N–H and O–H groups in total. The van der Waals surface area contributed by atoms with Gasteiger partial charge in [0.25, 0.3) is 0 Å². The molecule has 0 radical (unpaired) electrons. The maximum atomic E-state index is 13.6. The molecule has 2 aromatic carbocycles. The third-order valence-corrected chi connectivity index (χ3v) is 6.30. The van der Waals surface area contributed by atoms with Crippen LogP contribution in [0.15, 0.2) is 53.4 Å². The van der Waals surface area contributed by atoms with Gasteiger partial charge in [-0.05, 0) is 59.3 Å². The first-order chi connectivity index (χ1) is 14.2. The van der Waals surface area contributed by atoms with Crippen LogP contribution >= 0.6 is 0 Å². The first kappa shape index (κ1) is 21.5. The van der Waals surface area contributed by atoms with E-state index in [4.69, 9.17) is 0 Å². The van der Waals surface area contributed by atoms with Crippen LogP contribution in [0.3, 0.4) is 0 Å². The third-order valence-electron chi connectivity index (χ3n) is 4.47. The molecule has 158 valence electrons. The molecule has 0 saturated carbocycles. The molecular weight excluding hydrogens is 411 g/mol. The van der Waals surface area contributed by atoms with Crippen LogP contribution in [0.1, 0.15) is 17.4 Å². The highest BCUT2D eigenvalue weighted by atomic mass is 32.2. The van der Waals surface area contributed by atoms with Crippen LogP contribution in [0.5, 0.6) is 0 Å². The van der Waals surface area contributed by atoms with Crippen molar-refractivity contribution < 1.29 is 17.6 Å². The average molecular weight is 432 g/mol. The Labute approximate surface area is 173 Å². The Kier molecular flexibility index (Phi) is 6.22. The van der Waals surface area contributed by atoms with Crippen LogP contribution in [0.4, 0.5) is 10.1 Å². The second-order valence-electron chi connectivity index (χ2n) is 6.82. The van der Waals surface area contributed by atoms with Crippen LogP contribution in [-0.4, -0.2) is 52.9 Å². The van der Waals surface area contributed by atoms with Gasteiger partial charge in [0.1, 0.15) is 17.7 Å². The van der Waals surface area contributed by atoms with Crippen molar-refractivity contribution in [2.45, 2.75) is 24.3 Å². The van der Waals surface area contributed by atoms with Gasteiger partial charge in [0.05, 0.1) is 4.90 Å². The minimum Gasteiger partial charge on any atom is -0.324 e. The normalized spacial score (nSPS) is 12.7. The van der Waals surface area contributed by atoms with Gasteiger partial charge in [0.15, 0.2) is 0 Å². The molecule has 0 bridgehead atoms. The molecule has 30 heavy (non-hydrogen) atoms. The zero-order chi connectivity index (χ0) is 21.9. The molecule has 1 atom stereocenters. The van der Waals surface area contributed by atoms with E-state index < -0.39 is 27.8 Å². The van der Waals surface area contributed by atoms with Gasteiger partial charge in [-0.25, -0.2) is 21.8 Å². The van der Waals surface area contributed by atoms with Gasteiger partial charge in [-0.15, -0.1) is 5.10 Å². The molecule has 3 rings (SSSR count). The molecule has 0 aliphatic rings. The molecule has 0 fully saturated rings. The number of hydrogen-bond acceptors (Lipinski definition) is 6. The Hall–Kier alpha value is -3.18. The zero-order valence-corrected chi connectivity index (χ0v) is 17.5. The summed E-state index contributed by atoms with van der Waals surface area (Å²) in [6.07, 6.45) is 0.169. The standard InChI is InChI=1S/C19H21FN6O3S/c1-13-22-23-24-26(13)18(12-14-5-4-6-15(20)11-14)19(27)21-16-7-9-17(10-8-16)30(28,29)25(2)3/h4-11,18H,12H2,1-3H3,(H,21,27). The van der Waals surface area contributed by atoms with Gasteiger partial charge in [0, 0.05) is 26.2 Å². The molecule has 1 aromatic heterocycles. The first-order valence-electron chi connectivity index (χ1n) is 9.01. The number of anilines is 1. The van der Waals surface area contributed by atoms with Crippen LogP contribution in [0, 0.1) is 12.7 Å². The summed E-state index contributed by atoms with van der Waals surface area (Å²) in [5.74, 6) is -0.394. The Bertz CT molecular complexity index is 1150. The number of aromatic nitrogens is 4. The fraction of sp³-hybridized carbons (Fsp3) is 0.263. The number of carbonyl (C=O) groups excluding carboxylic acids is 1. The van der Waals surface area contributed by atoms with E-state index in [9.17, 15) is 17.6 Å². The Morgan fingerprint density at radius 2 is 1.90 bits per heavy atom. The molecule has 3 aromatic rings. The lowest BCUT2D eigenvalue weighted by atomic mass is 10.0. The molecule has 1 amide bonds. The highest BCUT2D eigenvalue weighted by Crippen LogP contribution is 2.20. The van der Waals surface area contributed by atoms with Crippen LogP contribution < -0.4 is 5.32 Å². The summed E-state index contributed by atoms with van der Waals surface area (Å²) < 4.78 is 40.4. The SMILES string of the molecule is Cc1nnnn1C(Cc1cccc(F)c1)C(=O)Nc1ccc(S(=O)(=O)N(C)C)cc1. The summed E-state index contributed by atoms with van der Waals surface area (Å²) in [6.45, 7) is 1.66. The van der Waals surface area contributed by atoms with Crippen molar-refractivity contribution in [3.8, 4) is 0 Å². The molecule has 11 heteroatoms. The number of sulfonamides is 1. The van der Waals surface area contributed by atoms with Crippen molar-refractivity contribution in [2.75, 3.05) is 19.4 Å². The number of aryl methyl sites for hydroxylation is 1. The lowest BCUT2D eigenvalue weighted by Gasteiger charge is -2.18. The van der Waals surface area contributed by atoms with Crippen molar-refractivity contribution in [3.63, 3.8) is 0 Å². The summed E-state index contributed by atoms with van der Waals surface area (Å²) in [5, 5.41) is 14.0. The van der Waals surface area contributed by atoms with Crippen molar-refractivity contribution >= 4 is 21.6 Å². The van der Waals surface area contributed by atoms with Gasteiger partial charge in [-0.1, -0.05) is 12.1 Å². The maximum absolute atomic E-state index is 13.6. The molecule has 9 nitrogen and oxygen atoms in total. The van der Waals surface area contributed by atoms with Crippen LogP contribution in [0.25, 0.3) is 0 Å². The highest BCUT2D eigenvalue weighted by Gasteiger charge is 2.25. The van der Waals surface area contributed by atoms with Crippen molar-refractivity contribution in [2.24, 2.45) is 0 Å². The number of tetrazole rings is 1. The van der Waals surface area contributed by atoms with E-state index in [1.807, 2.05) is 0 Å². The number of benzene rings is 2. The predicted octanol–water partition coefficient (Wildman–Crippen LogP) is 1.79. The second-order valence-corrected chi connectivity index (χ2v) is 8.97. The highest BCUT2D eigenvalue weighted by molar-refractivity contribution is 7.89. The fourth-order valence-corrected chi connectivity index (χ4v) is 3.75. The van der Waals surface area contributed by atoms with Gasteiger partial charge < -0.3 is 5.32 Å². The number of halogens is 1. The smallest absolute Gasteiger partial charge is 0.249 e.